The van der Waals surface area contributed by atoms with Crippen LogP contribution < -0.4 is 5.32 Å². The van der Waals surface area contributed by atoms with E-state index in [4.69, 9.17) is 4.74 Å². The second kappa shape index (κ2) is 8.80. The standard InChI is InChI=1S/C22H24N4O2/c27-22-19(13-17-7-3-1-4-8-17)11-12-20-14-23-25-26(20)16-28-15-21(24-22)18-9-5-2-6-10-18/h1-10,14,19,21H,11-13,15-16H2,(H,24,27)/t19-,21-/m0/s1. The molecule has 28 heavy (non-hydrogen) atoms. The van der Waals surface area contributed by atoms with Crippen molar-refractivity contribution in [3.8, 4) is 0 Å². The van der Waals surface area contributed by atoms with Crippen LogP contribution in [0.3, 0.4) is 0 Å². The lowest BCUT2D eigenvalue weighted by Gasteiger charge is -2.22. The van der Waals surface area contributed by atoms with Crippen LogP contribution in [0.5, 0.6) is 0 Å². The zero-order valence-electron chi connectivity index (χ0n) is 15.7. The topological polar surface area (TPSA) is 69.0 Å². The maximum Gasteiger partial charge on any atom is 0.224 e. The molecule has 0 bridgehead atoms. The third-order valence-electron chi connectivity index (χ3n) is 5.16. The van der Waals surface area contributed by atoms with E-state index in [1.54, 1.807) is 10.9 Å². The lowest BCUT2D eigenvalue weighted by molar-refractivity contribution is -0.126. The molecular weight excluding hydrogens is 352 g/mol. The van der Waals surface area contributed by atoms with Gasteiger partial charge in [0.15, 0.2) is 0 Å². The Balaban J connectivity index is 1.60. The highest BCUT2D eigenvalue weighted by molar-refractivity contribution is 5.79. The van der Waals surface area contributed by atoms with E-state index in [0.29, 0.717) is 19.8 Å². The molecule has 1 amide bonds. The number of aromatic nitrogens is 3. The maximum absolute atomic E-state index is 13.2. The molecule has 0 radical (unpaired) electrons. The summed E-state index contributed by atoms with van der Waals surface area (Å²) < 4.78 is 7.64. The first-order chi connectivity index (χ1) is 13.8. The fourth-order valence-corrected chi connectivity index (χ4v) is 3.58. The number of nitrogens with zero attached hydrogens (tertiary/aromatic N) is 3. The highest BCUT2D eigenvalue weighted by Gasteiger charge is 2.24. The number of nitrogens with one attached hydrogen (secondary N) is 1. The number of carbonyl (C=O) groups is 1. The first-order valence-electron chi connectivity index (χ1n) is 9.64. The fraction of sp³-hybridized carbons (Fsp3) is 0.318. The van der Waals surface area contributed by atoms with Crippen LogP contribution in [0.25, 0.3) is 0 Å². The second-order valence-corrected chi connectivity index (χ2v) is 7.12. The van der Waals surface area contributed by atoms with Crippen LogP contribution in [0.2, 0.25) is 0 Å². The van der Waals surface area contributed by atoms with Gasteiger partial charge in [-0.1, -0.05) is 65.9 Å². The van der Waals surface area contributed by atoms with Crippen LogP contribution >= 0.6 is 0 Å². The zero-order chi connectivity index (χ0) is 19.2. The van der Waals surface area contributed by atoms with E-state index in [1.807, 2.05) is 48.5 Å². The van der Waals surface area contributed by atoms with Gasteiger partial charge in [-0.15, -0.1) is 5.10 Å². The molecule has 6 heteroatoms. The molecule has 1 aliphatic rings. The van der Waals surface area contributed by atoms with Crippen molar-refractivity contribution < 1.29 is 9.53 Å². The Bertz CT molecular complexity index is 895. The Morgan fingerprint density at radius 1 is 1.07 bits per heavy atom. The smallest absolute Gasteiger partial charge is 0.224 e. The lowest BCUT2D eigenvalue weighted by atomic mass is 9.92. The molecule has 2 aromatic carbocycles. The summed E-state index contributed by atoms with van der Waals surface area (Å²) in [6, 6.07) is 19.9. The number of rotatable bonds is 3. The van der Waals surface area contributed by atoms with E-state index in [9.17, 15) is 4.79 Å². The van der Waals surface area contributed by atoms with Crippen LogP contribution in [0.4, 0.5) is 0 Å². The molecule has 0 saturated carbocycles. The van der Waals surface area contributed by atoms with E-state index in [0.717, 1.165) is 29.7 Å². The van der Waals surface area contributed by atoms with Crippen molar-refractivity contribution in [2.24, 2.45) is 5.92 Å². The molecule has 0 aliphatic carbocycles. The average molecular weight is 376 g/mol. The van der Waals surface area contributed by atoms with E-state index in [2.05, 4.69) is 27.8 Å². The summed E-state index contributed by atoms with van der Waals surface area (Å²) in [7, 11) is 0. The molecule has 0 saturated heterocycles. The molecule has 3 aromatic rings. The zero-order valence-corrected chi connectivity index (χ0v) is 15.7. The van der Waals surface area contributed by atoms with Crippen molar-refractivity contribution in [2.75, 3.05) is 6.61 Å². The summed E-state index contributed by atoms with van der Waals surface area (Å²) >= 11 is 0. The molecule has 144 valence electrons. The second-order valence-electron chi connectivity index (χ2n) is 7.12. The predicted molar refractivity (Wildman–Crippen MR) is 105 cm³/mol. The van der Waals surface area contributed by atoms with Gasteiger partial charge in [0.25, 0.3) is 0 Å². The third kappa shape index (κ3) is 4.46. The molecule has 1 aliphatic heterocycles. The van der Waals surface area contributed by atoms with Crippen LogP contribution in [0.15, 0.2) is 66.9 Å². The van der Waals surface area contributed by atoms with Gasteiger partial charge in [0.2, 0.25) is 5.91 Å². The van der Waals surface area contributed by atoms with E-state index >= 15 is 0 Å². The van der Waals surface area contributed by atoms with Gasteiger partial charge in [-0.05, 0) is 30.4 Å². The molecule has 0 spiro atoms. The largest absolute Gasteiger partial charge is 0.357 e. The van der Waals surface area contributed by atoms with Gasteiger partial charge < -0.3 is 10.1 Å². The van der Waals surface area contributed by atoms with Crippen molar-refractivity contribution in [1.82, 2.24) is 20.3 Å². The Morgan fingerprint density at radius 3 is 2.61 bits per heavy atom. The van der Waals surface area contributed by atoms with Gasteiger partial charge in [-0.3, -0.25) is 4.79 Å². The summed E-state index contributed by atoms with van der Waals surface area (Å²) in [5, 5.41) is 11.3. The van der Waals surface area contributed by atoms with Crippen molar-refractivity contribution in [2.45, 2.75) is 32.0 Å². The predicted octanol–water partition coefficient (Wildman–Crippen LogP) is 2.91. The lowest BCUT2D eigenvalue weighted by Crippen LogP contribution is -2.37. The van der Waals surface area contributed by atoms with Gasteiger partial charge >= 0.3 is 0 Å². The van der Waals surface area contributed by atoms with Crippen molar-refractivity contribution in [3.63, 3.8) is 0 Å². The molecule has 2 atom stereocenters. The Hall–Kier alpha value is -2.99. The van der Waals surface area contributed by atoms with Gasteiger partial charge in [0.1, 0.15) is 6.73 Å². The minimum atomic E-state index is -0.197. The molecular formula is C22H24N4O2. The minimum Gasteiger partial charge on any atom is -0.357 e. The Labute approximate surface area is 164 Å². The van der Waals surface area contributed by atoms with Crippen molar-refractivity contribution in [3.05, 3.63) is 83.7 Å². The quantitative estimate of drug-likeness (QED) is 0.763. The summed E-state index contributed by atoms with van der Waals surface area (Å²) in [4.78, 5) is 13.2. The number of amides is 1. The number of hydrogen-bond acceptors (Lipinski definition) is 4. The number of fused-ring (bicyclic) bond motifs is 1. The first-order valence-corrected chi connectivity index (χ1v) is 9.64. The average Bonchev–Trinajstić information content (AvgIpc) is 3.18. The van der Waals surface area contributed by atoms with Crippen molar-refractivity contribution >= 4 is 5.91 Å². The highest BCUT2D eigenvalue weighted by Crippen LogP contribution is 2.20. The summed E-state index contributed by atoms with van der Waals surface area (Å²) in [6.45, 7) is 0.713. The summed E-state index contributed by atoms with van der Waals surface area (Å²) in [5.74, 6) is -0.0720. The van der Waals surface area contributed by atoms with Crippen LogP contribution in [0, 0.1) is 5.92 Å². The molecule has 2 heterocycles. The highest BCUT2D eigenvalue weighted by atomic mass is 16.5. The van der Waals surface area contributed by atoms with E-state index in [1.165, 1.54) is 0 Å². The van der Waals surface area contributed by atoms with Gasteiger partial charge in [0.05, 0.1) is 24.5 Å². The van der Waals surface area contributed by atoms with Crippen LogP contribution in [-0.4, -0.2) is 27.5 Å². The van der Waals surface area contributed by atoms with Gasteiger partial charge in [0, 0.05) is 5.92 Å². The molecule has 1 N–H and O–H groups in total. The summed E-state index contributed by atoms with van der Waals surface area (Å²) in [6.07, 6.45) is 3.93. The third-order valence-corrected chi connectivity index (χ3v) is 5.16. The number of carbonyl (C=O) groups excluding carboxylic acids is 1. The normalized spacial score (nSPS) is 20.6. The minimum absolute atomic E-state index is 0.0576. The van der Waals surface area contributed by atoms with Crippen LogP contribution in [-0.2, 0) is 29.1 Å². The van der Waals surface area contributed by atoms with Crippen molar-refractivity contribution in [1.29, 1.82) is 0 Å². The fourth-order valence-electron chi connectivity index (χ4n) is 3.58. The number of aryl methyl sites for hydroxylation is 1. The first kappa shape index (κ1) is 18.4. The number of benzene rings is 2. The number of hydrogen-bond donors (Lipinski definition) is 1. The molecule has 0 unspecified atom stereocenters. The Kier molecular flexibility index (Phi) is 5.77. The monoisotopic (exact) mass is 376 g/mol. The van der Waals surface area contributed by atoms with Gasteiger partial charge in [-0.25, -0.2) is 4.68 Å². The SMILES string of the molecule is O=C1N[C@H](c2ccccc2)COCn2nncc2CC[C@H]1Cc1ccccc1. The molecule has 1 aromatic heterocycles. The van der Waals surface area contributed by atoms with Gasteiger partial charge in [-0.2, -0.15) is 0 Å². The van der Waals surface area contributed by atoms with Crippen LogP contribution in [0.1, 0.15) is 29.3 Å². The molecule has 0 fully saturated rings. The summed E-state index contributed by atoms with van der Waals surface area (Å²) in [5.41, 5.74) is 3.19. The number of ether oxygens (including phenoxy) is 1. The van der Waals surface area contributed by atoms with E-state index < -0.39 is 0 Å². The molecule has 6 nitrogen and oxygen atoms in total. The van der Waals surface area contributed by atoms with E-state index in [-0.39, 0.29) is 17.9 Å². The maximum atomic E-state index is 13.2. The Morgan fingerprint density at radius 2 is 1.82 bits per heavy atom. The molecule has 4 rings (SSSR count).